The van der Waals surface area contributed by atoms with Gasteiger partial charge in [0.05, 0.1) is 13.2 Å². The summed E-state index contributed by atoms with van der Waals surface area (Å²) in [5, 5.41) is 8.59. The third-order valence-electron chi connectivity index (χ3n) is 4.51. The van der Waals surface area contributed by atoms with Gasteiger partial charge in [0, 0.05) is 30.2 Å². The number of piperidine rings is 1. The monoisotopic (exact) mass is 418 g/mol. The molecule has 29 heavy (non-hydrogen) atoms. The Balaban J connectivity index is 1.49. The number of nitrogens with one attached hydrogen (secondary N) is 2. The predicted octanol–water partition coefficient (Wildman–Crippen LogP) is 3.64. The maximum absolute atomic E-state index is 12.5. The highest BCUT2D eigenvalue weighted by Crippen LogP contribution is 2.23. The Kier molecular flexibility index (Phi) is 7.29. The number of carbonyl (C=O) groups is 2. The molecule has 1 aromatic carbocycles. The zero-order chi connectivity index (χ0) is 20.6. The molecule has 2 amide bonds. The second kappa shape index (κ2) is 10.1. The van der Waals surface area contributed by atoms with Crippen molar-refractivity contribution in [2.45, 2.75) is 32.7 Å². The molecule has 0 unspecified atom stereocenters. The largest absolute Gasteiger partial charge is 0.494 e. The Hall–Kier alpha value is -2.81. The lowest BCUT2D eigenvalue weighted by Gasteiger charge is -2.31. The van der Waals surface area contributed by atoms with Gasteiger partial charge in [-0.3, -0.25) is 4.79 Å². The van der Waals surface area contributed by atoms with Crippen LogP contribution in [0.25, 0.3) is 0 Å². The summed E-state index contributed by atoms with van der Waals surface area (Å²) < 4.78 is 10.4. The Morgan fingerprint density at radius 2 is 1.90 bits per heavy atom. The minimum Gasteiger partial charge on any atom is -0.494 e. The first-order chi connectivity index (χ1) is 14.1. The summed E-state index contributed by atoms with van der Waals surface area (Å²) in [5.41, 5.74) is 1.26. The van der Waals surface area contributed by atoms with E-state index in [1.807, 2.05) is 31.2 Å². The van der Waals surface area contributed by atoms with Crippen molar-refractivity contribution in [1.82, 2.24) is 15.2 Å². The van der Waals surface area contributed by atoms with Gasteiger partial charge >= 0.3 is 6.09 Å². The van der Waals surface area contributed by atoms with E-state index in [-0.39, 0.29) is 18.0 Å². The van der Waals surface area contributed by atoms with Gasteiger partial charge in [-0.05, 0) is 51.0 Å². The van der Waals surface area contributed by atoms with Crippen LogP contribution in [0.3, 0.4) is 0 Å². The van der Waals surface area contributed by atoms with E-state index in [2.05, 4.69) is 15.6 Å². The number of carbonyl (C=O) groups excluding carboxylic acids is 2. The maximum Gasteiger partial charge on any atom is 0.409 e. The number of hydrogen-bond acceptors (Lipinski definition) is 7. The van der Waals surface area contributed by atoms with Crippen molar-refractivity contribution in [2.24, 2.45) is 0 Å². The summed E-state index contributed by atoms with van der Waals surface area (Å²) in [4.78, 5) is 30.3. The third-order valence-corrected chi connectivity index (χ3v) is 5.27. The molecule has 3 rings (SSSR count). The van der Waals surface area contributed by atoms with Crippen LogP contribution >= 0.6 is 11.3 Å². The first kappa shape index (κ1) is 20.9. The minimum absolute atomic E-state index is 0.0254. The Morgan fingerprint density at radius 1 is 1.17 bits per heavy atom. The zero-order valence-corrected chi connectivity index (χ0v) is 17.5. The lowest BCUT2D eigenvalue weighted by atomic mass is 10.1. The lowest BCUT2D eigenvalue weighted by Crippen LogP contribution is -2.46. The smallest absolute Gasteiger partial charge is 0.409 e. The van der Waals surface area contributed by atoms with Crippen LogP contribution in [-0.4, -0.2) is 54.2 Å². The number of ether oxygens (including phenoxy) is 2. The summed E-state index contributed by atoms with van der Waals surface area (Å²) >= 11 is 1.38. The predicted molar refractivity (Wildman–Crippen MR) is 112 cm³/mol. The summed E-state index contributed by atoms with van der Waals surface area (Å²) in [5.74, 6) is 0.613. The van der Waals surface area contributed by atoms with Crippen LogP contribution in [0, 0.1) is 0 Å². The van der Waals surface area contributed by atoms with E-state index in [1.54, 1.807) is 17.2 Å². The van der Waals surface area contributed by atoms with Crippen LogP contribution in [0.5, 0.6) is 5.75 Å². The van der Waals surface area contributed by atoms with E-state index in [9.17, 15) is 9.59 Å². The molecule has 2 aromatic rings. The molecule has 2 heterocycles. The van der Waals surface area contributed by atoms with Gasteiger partial charge < -0.3 is 25.0 Å². The lowest BCUT2D eigenvalue weighted by molar-refractivity contribution is 0.0857. The molecule has 2 N–H and O–H groups in total. The van der Waals surface area contributed by atoms with Crippen LogP contribution in [0.15, 0.2) is 29.6 Å². The zero-order valence-electron chi connectivity index (χ0n) is 16.6. The van der Waals surface area contributed by atoms with E-state index >= 15 is 0 Å². The molecule has 1 aliphatic rings. The van der Waals surface area contributed by atoms with Gasteiger partial charge in [0.1, 0.15) is 11.4 Å². The van der Waals surface area contributed by atoms with E-state index < -0.39 is 0 Å². The number of thiazole rings is 1. The third kappa shape index (κ3) is 5.83. The normalized spacial score (nSPS) is 14.3. The van der Waals surface area contributed by atoms with Gasteiger partial charge in [-0.2, -0.15) is 0 Å². The van der Waals surface area contributed by atoms with E-state index in [1.165, 1.54) is 11.3 Å². The fourth-order valence-electron chi connectivity index (χ4n) is 3.04. The minimum atomic E-state index is -0.290. The van der Waals surface area contributed by atoms with Gasteiger partial charge in [0.2, 0.25) is 0 Å². The molecule has 0 bridgehead atoms. The number of benzene rings is 1. The van der Waals surface area contributed by atoms with E-state index in [0.29, 0.717) is 50.0 Å². The second-order valence-electron chi connectivity index (χ2n) is 6.55. The molecular weight excluding hydrogens is 392 g/mol. The molecule has 1 saturated heterocycles. The van der Waals surface area contributed by atoms with Crippen molar-refractivity contribution < 1.29 is 19.1 Å². The van der Waals surface area contributed by atoms with Gasteiger partial charge in [-0.1, -0.05) is 0 Å². The van der Waals surface area contributed by atoms with Crippen molar-refractivity contribution in [1.29, 1.82) is 0 Å². The number of rotatable bonds is 7. The van der Waals surface area contributed by atoms with Crippen molar-refractivity contribution >= 4 is 34.2 Å². The maximum atomic E-state index is 12.5. The quantitative estimate of drug-likeness (QED) is 0.713. The highest BCUT2D eigenvalue weighted by atomic mass is 32.1. The highest BCUT2D eigenvalue weighted by molar-refractivity contribution is 7.14. The standard InChI is InChI=1S/C20H26N4O4S/c1-3-27-16-7-5-14(6-8-16)22-19-23-17(13-29-19)18(25)21-15-9-11-24(12-10-15)20(26)28-4-2/h5-8,13,15H,3-4,9-12H2,1-2H3,(H,21,25)(H,22,23). The van der Waals surface area contributed by atoms with Crippen LogP contribution in [0.1, 0.15) is 37.2 Å². The summed E-state index contributed by atoms with van der Waals surface area (Å²) in [6.07, 6.45) is 1.11. The SMILES string of the molecule is CCOC(=O)N1CCC(NC(=O)c2csc(Nc3ccc(OCC)cc3)n2)CC1. The van der Waals surface area contributed by atoms with Crippen molar-refractivity contribution in [2.75, 3.05) is 31.6 Å². The molecule has 1 aromatic heterocycles. The molecule has 0 atom stereocenters. The molecule has 0 saturated carbocycles. The Bertz CT molecular complexity index is 816. The molecule has 1 aliphatic heterocycles. The summed E-state index contributed by atoms with van der Waals surface area (Å²) in [7, 11) is 0. The summed E-state index contributed by atoms with van der Waals surface area (Å²) in [6.45, 7) is 5.87. The first-order valence-corrected chi connectivity index (χ1v) is 10.6. The second-order valence-corrected chi connectivity index (χ2v) is 7.41. The van der Waals surface area contributed by atoms with Crippen molar-refractivity contribution in [3.63, 3.8) is 0 Å². The number of amides is 2. The molecule has 9 heteroatoms. The van der Waals surface area contributed by atoms with Crippen molar-refractivity contribution in [3.05, 3.63) is 35.3 Å². The molecular formula is C20H26N4O4S. The van der Waals surface area contributed by atoms with Crippen LogP contribution < -0.4 is 15.4 Å². The van der Waals surface area contributed by atoms with Gasteiger partial charge in [0.25, 0.3) is 5.91 Å². The molecule has 1 fully saturated rings. The highest BCUT2D eigenvalue weighted by Gasteiger charge is 2.25. The number of nitrogens with zero attached hydrogens (tertiary/aromatic N) is 2. The van der Waals surface area contributed by atoms with E-state index in [0.717, 1.165) is 11.4 Å². The average molecular weight is 419 g/mol. The molecule has 0 aliphatic carbocycles. The van der Waals surface area contributed by atoms with Gasteiger partial charge in [-0.15, -0.1) is 11.3 Å². The molecule has 0 radical (unpaired) electrons. The van der Waals surface area contributed by atoms with Crippen LogP contribution in [0.2, 0.25) is 0 Å². The Morgan fingerprint density at radius 3 is 2.55 bits per heavy atom. The van der Waals surface area contributed by atoms with Crippen LogP contribution in [-0.2, 0) is 4.74 Å². The average Bonchev–Trinajstić information content (AvgIpc) is 3.19. The first-order valence-electron chi connectivity index (χ1n) is 9.77. The molecule has 156 valence electrons. The molecule has 0 spiro atoms. The van der Waals surface area contributed by atoms with Crippen LogP contribution in [0.4, 0.5) is 15.6 Å². The Labute approximate surface area is 174 Å². The van der Waals surface area contributed by atoms with E-state index in [4.69, 9.17) is 9.47 Å². The van der Waals surface area contributed by atoms with Crippen molar-refractivity contribution in [3.8, 4) is 5.75 Å². The number of hydrogen-bond donors (Lipinski definition) is 2. The topological polar surface area (TPSA) is 92.8 Å². The molecule has 8 nitrogen and oxygen atoms in total. The fourth-order valence-corrected chi connectivity index (χ4v) is 3.75. The number of likely N-dealkylation sites (tertiary alicyclic amines) is 1. The number of anilines is 2. The van der Waals surface area contributed by atoms with Gasteiger partial charge in [-0.25, -0.2) is 9.78 Å². The number of aromatic nitrogens is 1. The summed E-state index contributed by atoms with van der Waals surface area (Å²) in [6, 6.07) is 7.61. The fraction of sp³-hybridized carbons (Fsp3) is 0.450. The van der Waals surface area contributed by atoms with Gasteiger partial charge in [0.15, 0.2) is 5.13 Å².